The lowest BCUT2D eigenvalue weighted by molar-refractivity contribution is -0.274. The first-order valence-corrected chi connectivity index (χ1v) is 12.6. The standard InChI is InChI=1S/C29H27F3N4O5/c1-27(16-36(2)17-27)28(38,19-7-11-23(12-8-19)40-29(30,31)32)20-6-4-5-18(15-20)26-34-24(35-41-26)25(37)33-21-9-13-22(39-3)14-10-21/h4-15,38H,16-17H2,1-3H3,(H,33,37)/t28-/m0/s1. The molecule has 1 aliphatic rings. The average molecular weight is 569 g/mol. The molecule has 0 aliphatic carbocycles. The van der Waals surface area contributed by atoms with E-state index < -0.39 is 23.3 Å². The first kappa shape index (κ1) is 28.1. The van der Waals surface area contributed by atoms with Gasteiger partial charge in [0.2, 0.25) is 0 Å². The number of aliphatic hydroxyl groups is 1. The van der Waals surface area contributed by atoms with Crippen LogP contribution in [0.5, 0.6) is 11.5 Å². The molecule has 1 aromatic heterocycles. The number of methoxy groups -OCH3 is 1. The fourth-order valence-corrected chi connectivity index (χ4v) is 5.31. The van der Waals surface area contributed by atoms with E-state index >= 15 is 0 Å². The van der Waals surface area contributed by atoms with E-state index in [4.69, 9.17) is 9.26 Å². The van der Waals surface area contributed by atoms with E-state index in [1.165, 1.54) is 24.3 Å². The van der Waals surface area contributed by atoms with Gasteiger partial charge in [0.1, 0.15) is 17.1 Å². The molecule has 214 valence electrons. The van der Waals surface area contributed by atoms with Gasteiger partial charge in [0.15, 0.2) is 0 Å². The van der Waals surface area contributed by atoms with Crippen molar-refractivity contribution >= 4 is 11.6 Å². The summed E-state index contributed by atoms with van der Waals surface area (Å²) < 4.78 is 52.6. The number of hydrogen-bond acceptors (Lipinski definition) is 8. The zero-order valence-electron chi connectivity index (χ0n) is 22.4. The SMILES string of the molecule is COc1ccc(NC(=O)c2noc(-c3cccc([C@@](O)(c4ccc(OC(F)(F)F)cc4)C4(C)CN(C)C4)c3)n2)cc1. The molecule has 41 heavy (non-hydrogen) atoms. The Labute approximate surface area is 233 Å². The molecule has 5 rings (SSSR count). The number of benzene rings is 3. The summed E-state index contributed by atoms with van der Waals surface area (Å²) in [5.74, 6) is -0.468. The topological polar surface area (TPSA) is 110 Å². The molecule has 9 nitrogen and oxygen atoms in total. The number of nitrogens with zero attached hydrogens (tertiary/aromatic N) is 3. The molecule has 0 radical (unpaired) electrons. The molecule has 1 saturated heterocycles. The number of likely N-dealkylation sites (tertiary alicyclic amines) is 1. The first-order chi connectivity index (χ1) is 19.4. The lowest BCUT2D eigenvalue weighted by Crippen LogP contribution is -2.63. The van der Waals surface area contributed by atoms with Gasteiger partial charge in [-0.25, -0.2) is 0 Å². The van der Waals surface area contributed by atoms with Crippen LogP contribution in [0.25, 0.3) is 11.5 Å². The number of carbonyl (C=O) groups excluding carboxylic acids is 1. The number of hydrogen-bond donors (Lipinski definition) is 2. The zero-order chi connectivity index (χ0) is 29.4. The van der Waals surface area contributed by atoms with Crippen LogP contribution in [0, 0.1) is 5.41 Å². The minimum Gasteiger partial charge on any atom is -0.497 e. The fourth-order valence-electron chi connectivity index (χ4n) is 5.31. The largest absolute Gasteiger partial charge is 0.573 e. The summed E-state index contributed by atoms with van der Waals surface area (Å²) in [7, 11) is 3.45. The number of carbonyl (C=O) groups is 1. The van der Waals surface area contributed by atoms with E-state index in [2.05, 4.69) is 20.2 Å². The Bertz CT molecular complexity index is 1530. The molecule has 3 aromatic carbocycles. The summed E-state index contributed by atoms with van der Waals surface area (Å²) in [6.45, 7) is 2.98. The van der Waals surface area contributed by atoms with Crippen LogP contribution < -0.4 is 14.8 Å². The molecule has 1 aliphatic heterocycles. The van der Waals surface area contributed by atoms with Crippen LogP contribution >= 0.6 is 0 Å². The molecule has 1 amide bonds. The predicted molar refractivity (Wildman–Crippen MR) is 142 cm³/mol. The van der Waals surface area contributed by atoms with Crippen LogP contribution in [0.15, 0.2) is 77.3 Å². The lowest BCUT2D eigenvalue weighted by Gasteiger charge is -2.56. The van der Waals surface area contributed by atoms with Crippen LogP contribution in [-0.2, 0) is 5.60 Å². The molecule has 2 heterocycles. The summed E-state index contributed by atoms with van der Waals surface area (Å²) in [5, 5.41) is 18.8. The van der Waals surface area contributed by atoms with Gasteiger partial charge in [-0.3, -0.25) is 4.79 Å². The van der Waals surface area contributed by atoms with Crippen LogP contribution in [0.4, 0.5) is 18.9 Å². The van der Waals surface area contributed by atoms with Crippen molar-refractivity contribution in [2.75, 3.05) is 32.6 Å². The van der Waals surface area contributed by atoms with Gasteiger partial charge < -0.3 is 29.3 Å². The first-order valence-electron chi connectivity index (χ1n) is 12.6. The maximum Gasteiger partial charge on any atom is 0.573 e. The number of aromatic nitrogens is 2. The fraction of sp³-hybridized carbons (Fsp3) is 0.276. The van der Waals surface area contributed by atoms with Crippen LogP contribution in [-0.4, -0.2) is 59.7 Å². The Morgan fingerprint density at radius 1 is 1.02 bits per heavy atom. The molecule has 0 spiro atoms. The molecule has 0 saturated carbocycles. The molecule has 1 fully saturated rings. The number of halogens is 3. The summed E-state index contributed by atoms with van der Waals surface area (Å²) in [6.07, 6.45) is -4.83. The van der Waals surface area contributed by atoms with Crippen molar-refractivity contribution in [2.45, 2.75) is 18.9 Å². The predicted octanol–water partition coefficient (Wildman–Crippen LogP) is 5.08. The third-order valence-corrected chi connectivity index (χ3v) is 7.12. The number of ether oxygens (including phenoxy) is 2. The summed E-state index contributed by atoms with van der Waals surface area (Å²) >= 11 is 0. The third-order valence-electron chi connectivity index (χ3n) is 7.12. The molecule has 4 aromatic rings. The van der Waals surface area contributed by atoms with E-state index in [0.29, 0.717) is 41.2 Å². The third kappa shape index (κ3) is 5.61. The molecule has 0 bridgehead atoms. The summed E-state index contributed by atoms with van der Waals surface area (Å²) in [4.78, 5) is 19.0. The quantitative estimate of drug-likeness (QED) is 0.303. The monoisotopic (exact) mass is 568 g/mol. The number of amides is 1. The van der Waals surface area contributed by atoms with Crippen molar-refractivity contribution in [1.82, 2.24) is 15.0 Å². The average Bonchev–Trinajstić information content (AvgIpc) is 3.43. The van der Waals surface area contributed by atoms with Gasteiger partial charge >= 0.3 is 6.36 Å². The molecular weight excluding hydrogens is 541 g/mol. The summed E-state index contributed by atoms with van der Waals surface area (Å²) in [6, 6.07) is 18.7. The van der Waals surface area contributed by atoms with Gasteiger partial charge in [0, 0.05) is 29.8 Å². The molecule has 0 unspecified atom stereocenters. The Balaban J connectivity index is 1.44. The minimum atomic E-state index is -4.83. The highest BCUT2D eigenvalue weighted by Gasteiger charge is 2.55. The highest BCUT2D eigenvalue weighted by Crippen LogP contribution is 2.50. The van der Waals surface area contributed by atoms with E-state index in [1.807, 2.05) is 18.9 Å². The van der Waals surface area contributed by atoms with Crippen molar-refractivity contribution in [3.05, 3.63) is 89.7 Å². The van der Waals surface area contributed by atoms with Gasteiger partial charge in [0.25, 0.3) is 17.6 Å². The normalized spacial score (nSPS) is 16.4. The van der Waals surface area contributed by atoms with Gasteiger partial charge in [-0.05, 0) is 66.7 Å². The van der Waals surface area contributed by atoms with E-state index in [9.17, 15) is 23.1 Å². The maximum absolute atomic E-state index is 12.7. The van der Waals surface area contributed by atoms with Crippen molar-refractivity contribution in [3.8, 4) is 23.0 Å². The lowest BCUT2D eigenvalue weighted by atomic mass is 9.62. The van der Waals surface area contributed by atoms with E-state index in [1.54, 1.807) is 55.6 Å². The molecule has 1 atom stereocenters. The number of alkyl halides is 3. The second-order valence-corrected chi connectivity index (χ2v) is 10.2. The van der Waals surface area contributed by atoms with Crippen LogP contribution in [0.3, 0.4) is 0 Å². The maximum atomic E-state index is 12.7. The Morgan fingerprint density at radius 3 is 2.29 bits per heavy atom. The second-order valence-electron chi connectivity index (χ2n) is 10.2. The van der Waals surface area contributed by atoms with E-state index in [-0.39, 0.29) is 17.5 Å². The highest BCUT2D eigenvalue weighted by atomic mass is 19.4. The van der Waals surface area contributed by atoms with Crippen molar-refractivity contribution in [3.63, 3.8) is 0 Å². The van der Waals surface area contributed by atoms with Gasteiger partial charge in [-0.15, -0.1) is 13.2 Å². The molecular formula is C29H27F3N4O5. The van der Waals surface area contributed by atoms with Crippen molar-refractivity contribution in [2.24, 2.45) is 5.41 Å². The summed E-state index contributed by atoms with van der Waals surface area (Å²) in [5.41, 5.74) is -0.446. The van der Waals surface area contributed by atoms with Gasteiger partial charge in [0.05, 0.1) is 7.11 Å². The number of nitrogens with one attached hydrogen (secondary N) is 1. The Kier molecular flexibility index (Phi) is 7.22. The Hall–Kier alpha value is -4.42. The minimum absolute atomic E-state index is 0.0545. The highest BCUT2D eigenvalue weighted by molar-refractivity contribution is 6.01. The van der Waals surface area contributed by atoms with Crippen molar-refractivity contribution < 1.29 is 37.1 Å². The van der Waals surface area contributed by atoms with E-state index in [0.717, 1.165) is 0 Å². The number of rotatable bonds is 8. The van der Waals surface area contributed by atoms with Crippen molar-refractivity contribution in [1.29, 1.82) is 0 Å². The van der Waals surface area contributed by atoms with Crippen LogP contribution in [0.2, 0.25) is 0 Å². The van der Waals surface area contributed by atoms with Gasteiger partial charge in [-0.2, -0.15) is 4.98 Å². The van der Waals surface area contributed by atoms with Crippen LogP contribution in [0.1, 0.15) is 28.7 Å². The second kappa shape index (κ2) is 10.5. The molecule has 12 heteroatoms. The molecule has 2 N–H and O–H groups in total. The number of anilines is 1. The zero-order valence-corrected chi connectivity index (χ0v) is 22.4. The smallest absolute Gasteiger partial charge is 0.497 e. The Morgan fingerprint density at radius 2 is 1.68 bits per heavy atom. The van der Waals surface area contributed by atoms with Gasteiger partial charge in [-0.1, -0.05) is 36.3 Å².